The van der Waals surface area contributed by atoms with Gasteiger partial charge in [-0.25, -0.2) is 0 Å². The van der Waals surface area contributed by atoms with Crippen LogP contribution in [0, 0.1) is 0 Å². The van der Waals surface area contributed by atoms with Gasteiger partial charge in [0.25, 0.3) is 0 Å². The van der Waals surface area contributed by atoms with Gasteiger partial charge in [0.15, 0.2) is 0 Å². The SMILES string of the molecule is CCN(/C(CI)=N\C(C)C)C(C)C. The summed E-state index contributed by atoms with van der Waals surface area (Å²) in [7, 11) is 0. The van der Waals surface area contributed by atoms with E-state index in [4.69, 9.17) is 0 Å². The van der Waals surface area contributed by atoms with Crippen LogP contribution in [0.25, 0.3) is 0 Å². The number of alkyl halides is 1. The van der Waals surface area contributed by atoms with Crippen LogP contribution in [0.2, 0.25) is 0 Å². The molecule has 0 aromatic carbocycles. The Morgan fingerprint density at radius 1 is 1.31 bits per heavy atom. The van der Waals surface area contributed by atoms with E-state index in [1.54, 1.807) is 0 Å². The van der Waals surface area contributed by atoms with Crippen LogP contribution in [0.15, 0.2) is 4.99 Å². The van der Waals surface area contributed by atoms with E-state index in [1.807, 2.05) is 0 Å². The molecular weight excluding hydrogens is 275 g/mol. The molecule has 0 aromatic heterocycles. The Kier molecular flexibility index (Phi) is 6.73. The largest absolute Gasteiger partial charge is 0.358 e. The van der Waals surface area contributed by atoms with Crippen molar-refractivity contribution in [2.45, 2.75) is 46.7 Å². The summed E-state index contributed by atoms with van der Waals surface area (Å²) in [6, 6.07) is 0.954. The second kappa shape index (κ2) is 6.62. The minimum Gasteiger partial charge on any atom is -0.358 e. The van der Waals surface area contributed by atoms with Crippen molar-refractivity contribution >= 4 is 28.4 Å². The van der Waals surface area contributed by atoms with Crippen LogP contribution in [-0.2, 0) is 0 Å². The highest BCUT2D eigenvalue weighted by atomic mass is 127. The molecule has 0 aromatic rings. The van der Waals surface area contributed by atoms with E-state index in [1.165, 1.54) is 5.84 Å². The summed E-state index contributed by atoms with van der Waals surface area (Å²) in [5.74, 6) is 1.23. The Hall–Kier alpha value is 0.200. The highest BCUT2D eigenvalue weighted by molar-refractivity contribution is 14.1. The van der Waals surface area contributed by atoms with Crippen LogP contribution in [-0.4, -0.2) is 33.8 Å². The topological polar surface area (TPSA) is 15.6 Å². The smallest absolute Gasteiger partial charge is 0.109 e. The van der Waals surface area contributed by atoms with Gasteiger partial charge in [-0.15, -0.1) is 0 Å². The van der Waals surface area contributed by atoms with Gasteiger partial charge >= 0.3 is 0 Å². The number of nitrogens with zero attached hydrogens (tertiary/aromatic N) is 2. The molecule has 0 aliphatic heterocycles. The minimum absolute atomic E-state index is 0.401. The van der Waals surface area contributed by atoms with Gasteiger partial charge in [0, 0.05) is 18.6 Å². The summed E-state index contributed by atoms with van der Waals surface area (Å²) in [5, 5.41) is 0. The zero-order valence-corrected chi connectivity index (χ0v) is 11.5. The molecule has 0 heterocycles. The third-order valence-corrected chi connectivity index (χ3v) is 2.50. The number of hydrogen-bond acceptors (Lipinski definition) is 1. The summed E-state index contributed by atoms with van der Waals surface area (Å²) in [6.45, 7) is 11.9. The molecule has 0 fully saturated rings. The second-order valence-corrected chi connectivity index (χ2v) is 4.42. The predicted octanol–water partition coefficient (Wildman–Crippen LogP) is 2.96. The third-order valence-electron chi connectivity index (χ3n) is 1.82. The maximum atomic E-state index is 4.62. The van der Waals surface area contributed by atoms with Crippen LogP contribution in [0.3, 0.4) is 0 Å². The quantitative estimate of drug-likeness (QED) is 0.337. The zero-order valence-electron chi connectivity index (χ0n) is 9.34. The standard InChI is InChI=1S/C10H21IN2/c1-6-13(9(4)5)10(7-11)12-8(2)3/h8-9H,6-7H2,1-5H3/b12-10-. The summed E-state index contributed by atoms with van der Waals surface area (Å²) in [5.41, 5.74) is 0. The van der Waals surface area contributed by atoms with E-state index >= 15 is 0 Å². The Morgan fingerprint density at radius 3 is 2.08 bits per heavy atom. The first kappa shape index (κ1) is 13.2. The maximum absolute atomic E-state index is 4.62. The van der Waals surface area contributed by atoms with Gasteiger partial charge in [0.1, 0.15) is 5.84 Å². The Bertz CT molecular complexity index is 164. The molecule has 2 nitrogen and oxygen atoms in total. The summed E-state index contributed by atoms with van der Waals surface area (Å²) in [6.07, 6.45) is 0. The van der Waals surface area contributed by atoms with Crippen molar-refractivity contribution in [2.24, 2.45) is 4.99 Å². The molecule has 0 amide bonds. The van der Waals surface area contributed by atoms with Crippen molar-refractivity contribution in [1.29, 1.82) is 0 Å². The molecule has 0 atom stereocenters. The molecule has 0 rings (SSSR count). The Labute approximate surface area is 95.9 Å². The number of aliphatic imine (C=N–C) groups is 1. The van der Waals surface area contributed by atoms with Gasteiger partial charge in [-0.2, -0.15) is 0 Å². The number of amidine groups is 1. The molecule has 0 bridgehead atoms. The van der Waals surface area contributed by atoms with E-state index in [2.05, 4.69) is 67.1 Å². The van der Waals surface area contributed by atoms with Crippen molar-refractivity contribution in [1.82, 2.24) is 4.90 Å². The molecule has 0 spiro atoms. The molecule has 78 valence electrons. The van der Waals surface area contributed by atoms with Gasteiger partial charge < -0.3 is 4.90 Å². The molecule has 0 saturated heterocycles. The highest BCUT2D eigenvalue weighted by Crippen LogP contribution is 2.04. The first-order chi connectivity index (χ1) is 6.02. The molecule has 0 aliphatic rings. The normalized spacial score (nSPS) is 12.8. The molecule has 0 radical (unpaired) electrons. The molecule has 0 unspecified atom stereocenters. The lowest BCUT2D eigenvalue weighted by molar-refractivity contribution is 0.363. The highest BCUT2D eigenvalue weighted by Gasteiger charge is 2.11. The van der Waals surface area contributed by atoms with Crippen LogP contribution in [0.1, 0.15) is 34.6 Å². The van der Waals surface area contributed by atoms with E-state index in [0.29, 0.717) is 12.1 Å². The first-order valence-electron chi connectivity index (χ1n) is 4.92. The van der Waals surface area contributed by atoms with Gasteiger partial charge in [0.05, 0.1) is 4.43 Å². The maximum Gasteiger partial charge on any atom is 0.109 e. The molecule has 3 heteroatoms. The van der Waals surface area contributed by atoms with Crippen molar-refractivity contribution in [3.63, 3.8) is 0 Å². The second-order valence-electron chi connectivity index (χ2n) is 3.65. The zero-order chi connectivity index (χ0) is 10.4. The molecule has 13 heavy (non-hydrogen) atoms. The van der Waals surface area contributed by atoms with Crippen molar-refractivity contribution in [3.8, 4) is 0 Å². The van der Waals surface area contributed by atoms with Gasteiger partial charge in [-0.1, -0.05) is 22.6 Å². The molecular formula is C10H21IN2. The third kappa shape index (κ3) is 4.84. The molecule has 0 saturated carbocycles. The number of hydrogen-bond donors (Lipinski definition) is 0. The summed E-state index contributed by atoms with van der Waals surface area (Å²) < 4.78 is 1.00. The van der Waals surface area contributed by atoms with E-state index in [-0.39, 0.29) is 0 Å². The van der Waals surface area contributed by atoms with Gasteiger partial charge in [0.2, 0.25) is 0 Å². The lowest BCUT2D eigenvalue weighted by atomic mass is 10.3. The lowest BCUT2D eigenvalue weighted by Gasteiger charge is -2.28. The summed E-state index contributed by atoms with van der Waals surface area (Å²) >= 11 is 2.38. The van der Waals surface area contributed by atoms with E-state index in [9.17, 15) is 0 Å². The molecule has 0 N–H and O–H groups in total. The van der Waals surface area contributed by atoms with Gasteiger partial charge in [-0.3, -0.25) is 4.99 Å². The average Bonchev–Trinajstić information content (AvgIpc) is 2.02. The van der Waals surface area contributed by atoms with Gasteiger partial charge in [-0.05, 0) is 34.6 Å². The van der Waals surface area contributed by atoms with E-state index in [0.717, 1.165) is 11.0 Å². The van der Waals surface area contributed by atoms with Crippen molar-refractivity contribution in [2.75, 3.05) is 11.0 Å². The van der Waals surface area contributed by atoms with Crippen molar-refractivity contribution in [3.05, 3.63) is 0 Å². The Balaban J connectivity index is 4.52. The first-order valence-corrected chi connectivity index (χ1v) is 6.44. The number of rotatable bonds is 4. The van der Waals surface area contributed by atoms with E-state index < -0.39 is 0 Å². The van der Waals surface area contributed by atoms with Crippen LogP contribution < -0.4 is 0 Å². The fourth-order valence-electron chi connectivity index (χ4n) is 1.33. The fraction of sp³-hybridized carbons (Fsp3) is 0.900. The monoisotopic (exact) mass is 296 g/mol. The van der Waals surface area contributed by atoms with Crippen molar-refractivity contribution < 1.29 is 0 Å². The fourth-order valence-corrected chi connectivity index (χ4v) is 1.96. The summed E-state index contributed by atoms with van der Waals surface area (Å²) in [4.78, 5) is 6.98. The van der Waals surface area contributed by atoms with Crippen LogP contribution in [0.5, 0.6) is 0 Å². The predicted molar refractivity (Wildman–Crippen MR) is 69.0 cm³/mol. The lowest BCUT2D eigenvalue weighted by Crippen LogP contribution is -2.38. The van der Waals surface area contributed by atoms with Crippen LogP contribution >= 0.6 is 22.6 Å². The average molecular weight is 296 g/mol. The number of halogens is 1. The Morgan fingerprint density at radius 2 is 1.85 bits per heavy atom. The van der Waals surface area contributed by atoms with Crippen LogP contribution in [0.4, 0.5) is 0 Å². The molecule has 0 aliphatic carbocycles. The minimum atomic E-state index is 0.401.